The van der Waals surface area contributed by atoms with Gasteiger partial charge in [0.05, 0.1) is 9.79 Å². The zero-order valence-electron chi connectivity index (χ0n) is 13.9. The molecule has 1 aliphatic carbocycles. The second kappa shape index (κ2) is 7.27. The summed E-state index contributed by atoms with van der Waals surface area (Å²) in [5.41, 5.74) is 6.73. The second-order valence-corrected chi connectivity index (χ2v) is 8.37. The molecule has 2 aromatic rings. The highest BCUT2D eigenvalue weighted by Crippen LogP contribution is 2.26. The van der Waals surface area contributed by atoms with Gasteiger partial charge in [-0.25, -0.2) is 8.42 Å². The number of amides is 1. The van der Waals surface area contributed by atoms with E-state index in [1.165, 1.54) is 30.7 Å². The van der Waals surface area contributed by atoms with Gasteiger partial charge in [0.25, 0.3) is 0 Å². The molecule has 0 bridgehead atoms. The Kier molecular flexibility index (Phi) is 5.08. The largest absolute Gasteiger partial charge is 0.399 e. The maximum atomic E-state index is 12.6. The number of hydrogen-bond donors (Lipinski definition) is 2. The lowest BCUT2D eigenvalue weighted by molar-refractivity contribution is -0.120. The molecule has 2 aromatic carbocycles. The lowest BCUT2D eigenvalue weighted by Crippen LogP contribution is -2.24. The highest BCUT2D eigenvalue weighted by atomic mass is 32.2. The monoisotopic (exact) mass is 358 g/mol. The van der Waals surface area contributed by atoms with Crippen molar-refractivity contribution in [1.29, 1.82) is 0 Å². The van der Waals surface area contributed by atoms with Crippen molar-refractivity contribution < 1.29 is 13.2 Å². The first kappa shape index (κ1) is 17.5. The average Bonchev–Trinajstić information content (AvgIpc) is 2.63. The predicted octanol–water partition coefficient (Wildman–Crippen LogP) is 3.62. The lowest BCUT2D eigenvalue weighted by atomic mass is 9.88. The molecule has 132 valence electrons. The van der Waals surface area contributed by atoms with Crippen LogP contribution in [0, 0.1) is 5.92 Å². The van der Waals surface area contributed by atoms with Crippen molar-refractivity contribution in [3.8, 4) is 0 Å². The molecule has 3 rings (SSSR count). The SMILES string of the molecule is Nc1ccc(S(=O)(=O)c2ccc(NC(=O)C3CCCCC3)cc2)cc1. The number of hydrogen-bond acceptors (Lipinski definition) is 4. The van der Waals surface area contributed by atoms with E-state index in [-0.39, 0.29) is 21.6 Å². The van der Waals surface area contributed by atoms with Crippen LogP contribution in [-0.4, -0.2) is 14.3 Å². The Bertz CT molecular complexity index is 837. The van der Waals surface area contributed by atoms with Crippen LogP contribution < -0.4 is 11.1 Å². The van der Waals surface area contributed by atoms with E-state index in [1.54, 1.807) is 24.3 Å². The number of benzene rings is 2. The van der Waals surface area contributed by atoms with Crippen LogP contribution in [0.15, 0.2) is 58.3 Å². The quantitative estimate of drug-likeness (QED) is 0.817. The smallest absolute Gasteiger partial charge is 0.227 e. The van der Waals surface area contributed by atoms with Crippen molar-refractivity contribution in [3.63, 3.8) is 0 Å². The Hall–Kier alpha value is -2.34. The summed E-state index contributed by atoms with van der Waals surface area (Å²) < 4.78 is 25.2. The third-order valence-electron chi connectivity index (χ3n) is 4.60. The van der Waals surface area contributed by atoms with E-state index in [2.05, 4.69) is 5.32 Å². The molecule has 0 saturated heterocycles. The van der Waals surface area contributed by atoms with Gasteiger partial charge in [-0.15, -0.1) is 0 Å². The molecule has 1 aliphatic rings. The number of sulfone groups is 1. The van der Waals surface area contributed by atoms with Gasteiger partial charge in [-0.3, -0.25) is 4.79 Å². The Balaban J connectivity index is 1.73. The third-order valence-corrected chi connectivity index (χ3v) is 6.38. The molecule has 1 amide bonds. The summed E-state index contributed by atoms with van der Waals surface area (Å²) >= 11 is 0. The van der Waals surface area contributed by atoms with Gasteiger partial charge in [0, 0.05) is 17.3 Å². The molecule has 0 spiro atoms. The van der Waals surface area contributed by atoms with Gasteiger partial charge in [0.2, 0.25) is 15.7 Å². The highest BCUT2D eigenvalue weighted by Gasteiger charge is 2.21. The molecule has 5 nitrogen and oxygen atoms in total. The fraction of sp³-hybridized carbons (Fsp3) is 0.316. The summed E-state index contributed by atoms with van der Waals surface area (Å²) in [6, 6.07) is 12.4. The van der Waals surface area contributed by atoms with Crippen LogP contribution in [0.1, 0.15) is 32.1 Å². The van der Waals surface area contributed by atoms with Crippen molar-refractivity contribution in [2.24, 2.45) is 5.92 Å². The first-order chi connectivity index (χ1) is 12.0. The lowest BCUT2D eigenvalue weighted by Gasteiger charge is -2.20. The number of nitrogens with one attached hydrogen (secondary N) is 1. The highest BCUT2D eigenvalue weighted by molar-refractivity contribution is 7.91. The average molecular weight is 358 g/mol. The van der Waals surface area contributed by atoms with Crippen molar-refractivity contribution in [1.82, 2.24) is 0 Å². The zero-order chi connectivity index (χ0) is 17.9. The first-order valence-corrected chi connectivity index (χ1v) is 9.97. The summed E-state index contributed by atoms with van der Waals surface area (Å²) in [6.07, 6.45) is 5.24. The second-order valence-electron chi connectivity index (χ2n) is 6.42. The van der Waals surface area contributed by atoms with Crippen molar-refractivity contribution in [2.45, 2.75) is 41.9 Å². The normalized spacial score (nSPS) is 15.7. The van der Waals surface area contributed by atoms with E-state index in [1.807, 2.05) is 0 Å². The number of carbonyl (C=O) groups is 1. The topological polar surface area (TPSA) is 89.3 Å². The van der Waals surface area contributed by atoms with E-state index in [0.717, 1.165) is 25.7 Å². The maximum Gasteiger partial charge on any atom is 0.227 e. The van der Waals surface area contributed by atoms with Gasteiger partial charge < -0.3 is 11.1 Å². The molecule has 0 aromatic heterocycles. The Morgan fingerprint density at radius 1 is 0.880 bits per heavy atom. The minimum Gasteiger partial charge on any atom is -0.399 e. The minimum absolute atomic E-state index is 0.0221. The van der Waals surface area contributed by atoms with Gasteiger partial charge >= 0.3 is 0 Å². The molecule has 1 saturated carbocycles. The first-order valence-electron chi connectivity index (χ1n) is 8.48. The molecular weight excluding hydrogens is 336 g/mol. The van der Waals surface area contributed by atoms with Crippen molar-refractivity contribution >= 4 is 27.1 Å². The Labute approximate surface area is 148 Å². The molecule has 1 fully saturated rings. The summed E-state index contributed by atoms with van der Waals surface area (Å²) in [5, 5.41) is 2.89. The minimum atomic E-state index is -3.59. The number of nitrogen functional groups attached to an aromatic ring is 1. The molecule has 0 radical (unpaired) electrons. The molecule has 0 aliphatic heterocycles. The predicted molar refractivity (Wildman–Crippen MR) is 98.0 cm³/mol. The number of rotatable bonds is 4. The molecule has 6 heteroatoms. The van der Waals surface area contributed by atoms with Gasteiger partial charge in [-0.1, -0.05) is 19.3 Å². The van der Waals surface area contributed by atoms with E-state index in [4.69, 9.17) is 5.73 Å². The zero-order valence-corrected chi connectivity index (χ0v) is 14.8. The standard InChI is InChI=1S/C19H22N2O3S/c20-15-6-10-17(11-7-15)25(23,24)18-12-8-16(9-13-18)21-19(22)14-4-2-1-3-5-14/h6-14H,1-5,20H2,(H,21,22). The number of carbonyl (C=O) groups excluding carboxylic acids is 1. The van der Waals surface area contributed by atoms with E-state index in [0.29, 0.717) is 11.4 Å². The van der Waals surface area contributed by atoms with Gasteiger partial charge in [0.15, 0.2) is 0 Å². The summed E-state index contributed by atoms with van der Waals surface area (Å²) in [4.78, 5) is 12.6. The van der Waals surface area contributed by atoms with Gasteiger partial charge in [0.1, 0.15) is 0 Å². The molecule has 0 unspecified atom stereocenters. The van der Waals surface area contributed by atoms with Crippen LogP contribution in [0.4, 0.5) is 11.4 Å². The van der Waals surface area contributed by atoms with Crippen LogP contribution in [-0.2, 0) is 14.6 Å². The fourth-order valence-corrected chi connectivity index (χ4v) is 4.37. The third kappa shape index (κ3) is 4.02. The molecule has 0 heterocycles. The van der Waals surface area contributed by atoms with Crippen LogP contribution in [0.3, 0.4) is 0 Å². The summed E-state index contributed by atoms with van der Waals surface area (Å²) in [7, 11) is -3.59. The van der Waals surface area contributed by atoms with Crippen LogP contribution >= 0.6 is 0 Å². The van der Waals surface area contributed by atoms with E-state index < -0.39 is 9.84 Å². The van der Waals surface area contributed by atoms with Crippen molar-refractivity contribution in [3.05, 3.63) is 48.5 Å². The fourth-order valence-electron chi connectivity index (χ4n) is 3.11. The molecule has 3 N–H and O–H groups in total. The summed E-state index contributed by atoms with van der Waals surface area (Å²) in [5.74, 6) is 0.0841. The molecule has 0 atom stereocenters. The van der Waals surface area contributed by atoms with Crippen LogP contribution in [0.25, 0.3) is 0 Å². The van der Waals surface area contributed by atoms with Crippen LogP contribution in [0.5, 0.6) is 0 Å². The summed E-state index contributed by atoms with van der Waals surface area (Å²) in [6.45, 7) is 0. The molecular formula is C19H22N2O3S. The maximum absolute atomic E-state index is 12.6. The molecule has 25 heavy (non-hydrogen) atoms. The van der Waals surface area contributed by atoms with Crippen molar-refractivity contribution in [2.75, 3.05) is 11.1 Å². The van der Waals surface area contributed by atoms with Gasteiger partial charge in [-0.05, 0) is 61.4 Å². The Morgan fingerprint density at radius 2 is 1.40 bits per heavy atom. The van der Waals surface area contributed by atoms with E-state index in [9.17, 15) is 13.2 Å². The van der Waals surface area contributed by atoms with Crippen LogP contribution in [0.2, 0.25) is 0 Å². The van der Waals surface area contributed by atoms with Gasteiger partial charge in [-0.2, -0.15) is 0 Å². The van der Waals surface area contributed by atoms with E-state index >= 15 is 0 Å². The number of anilines is 2. The number of nitrogens with two attached hydrogens (primary N) is 1. The Morgan fingerprint density at radius 3 is 1.96 bits per heavy atom.